The molecule has 0 saturated carbocycles. The van der Waals surface area contributed by atoms with E-state index in [9.17, 15) is 16.9 Å². The Bertz CT molecular complexity index is 252. The van der Waals surface area contributed by atoms with Crippen LogP contribution >= 0.6 is 0 Å². The molecule has 0 aliphatic heterocycles. The number of nitrogens with zero attached hydrogens (tertiary/aromatic N) is 1. The van der Waals surface area contributed by atoms with Crippen molar-refractivity contribution in [1.82, 2.24) is 9.97 Å². The molecule has 1 N–H and O–H groups in total. The van der Waals surface area contributed by atoms with Crippen molar-refractivity contribution in [1.29, 1.82) is 0 Å². The minimum atomic E-state index is -11.2. The summed E-state index contributed by atoms with van der Waals surface area (Å²) in [6.45, 7) is 1.92. The van der Waals surface area contributed by atoms with E-state index >= 15 is 0 Å². The standard InChI is InChI=1S/C4H6N2.6FH.Sb/c1-4-5-2-3-6-4;;;;;;;/h2-3H,1H3,(H,5,6);6*1H;/q;;;;;;;+5/p-5. The third kappa shape index (κ3) is 24.5. The fourth-order valence-corrected chi connectivity index (χ4v) is 0.344. The Balaban J connectivity index is 0. The van der Waals surface area contributed by atoms with Gasteiger partial charge in [0.25, 0.3) is 0 Å². The van der Waals surface area contributed by atoms with E-state index in [4.69, 9.17) is 0 Å². The topological polar surface area (TPSA) is 28.7 Å². The van der Waals surface area contributed by atoms with Gasteiger partial charge >= 0.3 is 37.8 Å². The van der Waals surface area contributed by atoms with Crippen LogP contribution in [0.5, 0.6) is 0 Å². The average Bonchev–Trinajstić information content (AvgIpc) is 2.07. The van der Waals surface area contributed by atoms with Crippen LogP contribution in [0.4, 0.5) is 16.9 Å². The Labute approximate surface area is 73.4 Å². The molecule has 2 nitrogen and oxygen atoms in total. The van der Waals surface area contributed by atoms with E-state index in [-0.39, 0.29) is 1.43 Å². The van der Waals surface area contributed by atoms with E-state index in [1.54, 1.807) is 12.4 Å². The third-order valence-electron chi connectivity index (χ3n) is 0.635. The zero-order valence-corrected chi connectivity index (χ0v) is 8.87. The number of rotatable bonds is 0. The molecule has 0 unspecified atom stereocenters. The predicted molar refractivity (Wildman–Crippen MR) is 36.8 cm³/mol. The summed E-state index contributed by atoms with van der Waals surface area (Å²) in [7, 11) is 0. The monoisotopic (exact) mass is 318 g/mol. The van der Waals surface area contributed by atoms with Crippen LogP contribution in [-0.2, 0) is 0 Å². The summed E-state index contributed by atoms with van der Waals surface area (Å²) in [5, 5.41) is 0. The second-order valence-corrected chi connectivity index (χ2v) is 7.60. The van der Waals surface area contributed by atoms with Crippen molar-refractivity contribution < 1.29 is 18.3 Å². The zero-order valence-electron chi connectivity index (χ0n) is 7.32. The number of halogens is 6. The van der Waals surface area contributed by atoms with Gasteiger partial charge in [-0.15, -0.1) is 0 Å². The number of aryl methyl sites for hydroxylation is 1. The van der Waals surface area contributed by atoms with Gasteiger partial charge in [0.1, 0.15) is 5.82 Å². The van der Waals surface area contributed by atoms with Crippen molar-refractivity contribution in [2.45, 2.75) is 6.92 Å². The van der Waals surface area contributed by atoms with Crippen LogP contribution in [0.3, 0.4) is 0 Å². The molecule has 0 fully saturated rings. The van der Waals surface area contributed by atoms with Crippen molar-refractivity contribution in [3.05, 3.63) is 18.2 Å². The Hall–Kier alpha value is -0.392. The molecule has 0 aliphatic carbocycles. The molecule has 9 heteroatoms. The van der Waals surface area contributed by atoms with E-state index in [0.717, 1.165) is 5.82 Å². The van der Waals surface area contributed by atoms with Gasteiger partial charge < -0.3 is 4.98 Å². The maximum atomic E-state index is 9.93. The predicted octanol–water partition coefficient (Wildman–Crippen LogP) is 2.97. The zero-order chi connectivity index (χ0) is 10.8. The van der Waals surface area contributed by atoms with Crippen molar-refractivity contribution in [3.63, 3.8) is 0 Å². The first-order valence-corrected chi connectivity index (χ1v) is 8.66. The molecular weight excluding hydrogens is 312 g/mol. The van der Waals surface area contributed by atoms with Crippen molar-refractivity contribution in [3.8, 4) is 0 Å². The molecule has 1 rings (SSSR count). The molecule has 0 amide bonds. The van der Waals surface area contributed by atoms with E-state index in [1.807, 2.05) is 6.92 Å². The molecule has 0 spiro atoms. The van der Waals surface area contributed by atoms with E-state index in [1.165, 1.54) is 0 Å². The molecule has 1 aromatic rings. The molecule has 0 aromatic carbocycles. The van der Waals surface area contributed by atoms with Crippen LogP contribution in [-0.4, -0.2) is 29.4 Å². The molecule has 0 bridgehead atoms. The van der Waals surface area contributed by atoms with E-state index in [2.05, 4.69) is 9.97 Å². The number of imidazole rings is 1. The second kappa shape index (κ2) is 2.80. The number of hydrogen-bond acceptors (Lipinski definition) is 1. The smallest absolute Gasteiger partial charge is 1.00 e. The van der Waals surface area contributed by atoms with Gasteiger partial charge in [0.05, 0.1) is 0 Å². The van der Waals surface area contributed by atoms with Crippen LogP contribution < -0.4 is 0 Å². The fourth-order valence-electron chi connectivity index (χ4n) is 0.344. The van der Waals surface area contributed by atoms with E-state index < -0.39 is 19.5 Å². The van der Waals surface area contributed by atoms with Crippen molar-refractivity contribution in [2.75, 3.05) is 0 Å². The average molecular weight is 319 g/mol. The summed E-state index contributed by atoms with van der Waals surface area (Å²) < 4.78 is 59.6. The number of nitrogens with one attached hydrogen (secondary N) is 1. The minimum absolute atomic E-state index is 0. The van der Waals surface area contributed by atoms with Crippen LogP contribution in [0.25, 0.3) is 0 Å². The van der Waals surface area contributed by atoms with Gasteiger partial charge in [-0.2, -0.15) is 0 Å². The summed E-state index contributed by atoms with van der Waals surface area (Å²) in [5.74, 6) is 0.968. The molecule has 0 saturated heterocycles. The van der Waals surface area contributed by atoms with Crippen LogP contribution in [0.1, 0.15) is 7.25 Å². The van der Waals surface area contributed by atoms with Gasteiger partial charge in [-0.3, -0.25) is 0 Å². The van der Waals surface area contributed by atoms with Crippen molar-refractivity contribution >= 4 is 19.5 Å². The van der Waals surface area contributed by atoms with Crippen LogP contribution in [0.15, 0.2) is 12.4 Å². The Morgan fingerprint density at radius 3 is 1.69 bits per heavy atom. The summed E-state index contributed by atoms with van der Waals surface area (Å²) in [6, 6.07) is 0. The number of H-pyrrole nitrogens is 1. The molecular formula is C4H7F6N2Sb. The number of hydrogen-bond donors (Lipinski definition) is 1. The first kappa shape index (κ1) is 12.6. The summed E-state index contributed by atoms with van der Waals surface area (Å²) >= 11 is -11.2. The van der Waals surface area contributed by atoms with Crippen LogP contribution in [0.2, 0.25) is 0 Å². The number of aromatic amines is 1. The van der Waals surface area contributed by atoms with Gasteiger partial charge in [0, 0.05) is 12.4 Å². The normalized spacial score (nSPS) is 16.5. The minimum Gasteiger partial charge on any atom is 1.00 e. The Morgan fingerprint density at radius 1 is 1.23 bits per heavy atom. The van der Waals surface area contributed by atoms with Gasteiger partial charge in [0.2, 0.25) is 0 Å². The van der Waals surface area contributed by atoms with Gasteiger partial charge in [-0.25, -0.2) is 4.98 Å². The molecule has 1 heterocycles. The largest absolute Gasteiger partial charge is 1.00 e. The molecule has 0 radical (unpaired) electrons. The van der Waals surface area contributed by atoms with Crippen molar-refractivity contribution in [2.24, 2.45) is 0 Å². The quantitative estimate of drug-likeness (QED) is 0.578. The van der Waals surface area contributed by atoms with E-state index in [0.29, 0.717) is 0 Å². The first-order chi connectivity index (χ1) is 5.34. The molecule has 0 atom stereocenters. The SMILES string of the molecule is Cc1ncc[nH]1.[F][Sb-]([F])([F])([F])([F])[F].[H+]. The Kier molecular flexibility index (Phi) is 2.71. The Morgan fingerprint density at radius 2 is 1.62 bits per heavy atom. The maximum Gasteiger partial charge on any atom is 1.00 e. The first-order valence-electron chi connectivity index (χ1n) is 2.87. The fraction of sp³-hybridized carbons (Fsp3) is 0.250. The van der Waals surface area contributed by atoms with Gasteiger partial charge in [-0.05, 0) is 6.92 Å². The molecule has 13 heavy (non-hydrogen) atoms. The van der Waals surface area contributed by atoms with Crippen LogP contribution in [0, 0.1) is 6.92 Å². The van der Waals surface area contributed by atoms with Gasteiger partial charge in [0.15, 0.2) is 0 Å². The third-order valence-corrected chi connectivity index (χ3v) is 0.635. The second-order valence-electron chi connectivity index (χ2n) is 2.13. The summed E-state index contributed by atoms with van der Waals surface area (Å²) in [5.41, 5.74) is 0. The summed E-state index contributed by atoms with van der Waals surface area (Å²) in [6.07, 6.45) is 3.53. The van der Waals surface area contributed by atoms with Gasteiger partial charge in [-0.1, -0.05) is 0 Å². The molecule has 1 aromatic heterocycles. The molecule has 80 valence electrons. The molecule has 0 aliphatic rings. The number of aromatic nitrogens is 2. The maximum absolute atomic E-state index is 11.2. The summed E-state index contributed by atoms with van der Waals surface area (Å²) in [4.78, 5) is 6.75.